The molecular weight excluding hydrogens is 354 g/mol. The summed E-state index contributed by atoms with van der Waals surface area (Å²) in [5.74, 6) is 0.217. The number of carbonyl (C=O) groups excluding carboxylic acids is 1. The Morgan fingerprint density at radius 1 is 1.29 bits per heavy atom. The van der Waals surface area contributed by atoms with Crippen LogP contribution in [0, 0.1) is 11.3 Å². The summed E-state index contributed by atoms with van der Waals surface area (Å²) in [4.78, 5) is 12.3. The first-order valence-electron chi connectivity index (χ1n) is 6.17. The first kappa shape index (κ1) is 15.6. The summed E-state index contributed by atoms with van der Waals surface area (Å²) in [5, 5.41) is 9.66. The number of hydrogen-bond acceptors (Lipinski definition) is 3. The van der Waals surface area contributed by atoms with Crippen LogP contribution in [0.5, 0.6) is 5.75 Å². The molecule has 0 amide bonds. The highest BCUT2D eigenvalue weighted by Gasteiger charge is 2.18. The van der Waals surface area contributed by atoms with Crippen molar-refractivity contribution >= 4 is 33.3 Å². The van der Waals surface area contributed by atoms with Crippen molar-refractivity contribution in [1.82, 2.24) is 0 Å². The average Bonchev–Trinajstić information content (AvgIpc) is 2.49. The lowest BCUT2D eigenvalue weighted by molar-refractivity contribution is 0.0817. The number of halogens is 2. The maximum atomic E-state index is 12.3. The molecule has 0 heterocycles. The van der Waals surface area contributed by atoms with Gasteiger partial charge in [-0.15, -0.1) is 0 Å². The Balaban J connectivity index is 2.18. The van der Waals surface area contributed by atoms with E-state index in [-0.39, 0.29) is 5.78 Å². The van der Waals surface area contributed by atoms with E-state index in [9.17, 15) is 4.79 Å². The van der Waals surface area contributed by atoms with Crippen molar-refractivity contribution < 1.29 is 9.53 Å². The normalized spacial score (nSPS) is 11.5. The van der Waals surface area contributed by atoms with E-state index >= 15 is 0 Å². The molecule has 0 aliphatic rings. The topological polar surface area (TPSA) is 50.1 Å². The number of Topliss-reactive ketones (excluding diaryl/α,β-unsaturated/α-hetero) is 1. The minimum absolute atomic E-state index is 0.168. The second kappa shape index (κ2) is 6.75. The summed E-state index contributed by atoms with van der Waals surface area (Å²) in [5.41, 5.74) is 0.891. The van der Waals surface area contributed by atoms with Gasteiger partial charge in [-0.3, -0.25) is 4.79 Å². The largest absolute Gasteiger partial charge is 0.481 e. The number of ether oxygens (including phenoxy) is 1. The molecule has 0 spiro atoms. The predicted octanol–water partition coefficient (Wildman–Crippen LogP) is 4.62. The highest BCUT2D eigenvalue weighted by Crippen LogP contribution is 2.24. The van der Waals surface area contributed by atoms with Gasteiger partial charge in [0.05, 0.1) is 5.56 Å². The molecule has 0 saturated carbocycles. The fraction of sp³-hybridized carbons (Fsp3) is 0.125. The van der Waals surface area contributed by atoms with Gasteiger partial charge < -0.3 is 4.74 Å². The monoisotopic (exact) mass is 363 g/mol. The fourth-order valence-electron chi connectivity index (χ4n) is 1.79. The first-order valence-corrected chi connectivity index (χ1v) is 7.34. The standard InChI is InChI=1S/C16H11BrClNO2/c1-10(16(20)11-2-5-14(18)6-3-11)21-15-7-4-13(17)8-12(15)9-19/h2-8,10H,1H3. The number of carbonyl (C=O) groups is 1. The average molecular weight is 365 g/mol. The van der Waals surface area contributed by atoms with Crippen molar-refractivity contribution in [3.8, 4) is 11.8 Å². The third-order valence-electron chi connectivity index (χ3n) is 2.86. The zero-order chi connectivity index (χ0) is 15.4. The summed E-state index contributed by atoms with van der Waals surface area (Å²) in [6, 6.07) is 13.7. The summed E-state index contributed by atoms with van der Waals surface area (Å²) < 4.78 is 6.39. The molecular formula is C16H11BrClNO2. The lowest BCUT2D eigenvalue weighted by Crippen LogP contribution is -2.24. The van der Waals surface area contributed by atoms with Crippen LogP contribution in [0.4, 0.5) is 0 Å². The van der Waals surface area contributed by atoms with Gasteiger partial charge >= 0.3 is 0 Å². The fourth-order valence-corrected chi connectivity index (χ4v) is 2.27. The van der Waals surface area contributed by atoms with Crippen LogP contribution in [0.1, 0.15) is 22.8 Å². The third-order valence-corrected chi connectivity index (χ3v) is 3.61. The SMILES string of the molecule is CC(Oc1ccc(Br)cc1C#N)C(=O)c1ccc(Cl)cc1. The van der Waals surface area contributed by atoms with E-state index in [4.69, 9.17) is 21.6 Å². The first-order chi connectivity index (χ1) is 10.0. The molecule has 3 nitrogen and oxygen atoms in total. The van der Waals surface area contributed by atoms with Gasteiger partial charge in [0.1, 0.15) is 11.8 Å². The molecule has 2 rings (SSSR count). The van der Waals surface area contributed by atoms with Gasteiger partial charge in [-0.2, -0.15) is 5.26 Å². The summed E-state index contributed by atoms with van der Waals surface area (Å²) in [6.07, 6.45) is -0.695. The molecule has 0 fully saturated rings. The minimum atomic E-state index is -0.695. The third kappa shape index (κ3) is 3.84. The van der Waals surface area contributed by atoms with Gasteiger partial charge in [-0.05, 0) is 49.4 Å². The predicted molar refractivity (Wildman–Crippen MR) is 84.7 cm³/mol. The Hall–Kier alpha value is -1.83. The smallest absolute Gasteiger partial charge is 0.202 e. The van der Waals surface area contributed by atoms with Gasteiger partial charge in [-0.25, -0.2) is 0 Å². The van der Waals surface area contributed by atoms with Crippen LogP contribution < -0.4 is 4.74 Å². The minimum Gasteiger partial charge on any atom is -0.481 e. The number of nitrogens with zero attached hydrogens (tertiary/aromatic N) is 1. The van der Waals surface area contributed by atoms with Gasteiger partial charge in [0.2, 0.25) is 5.78 Å². The van der Waals surface area contributed by atoms with E-state index in [0.717, 1.165) is 4.47 Å². The number of benzene rings is 2. The Labute approximate surface area is 136 Å². The highest BCUT2D eigenvalue weighted by molar-refractivity contribution is 9.10. The highest BCUT2D eigenvalue weighted by atomic mass is 79.9. The molecule has 2 aromatic rings. The van der Waals surface area contributed by atoms with Crippen molar-refractivity contribution in [2.75, 3.05) is 0 Å². The lowest BCUT2D eigenvalue weighted by atomic mass is 10.1. The van der Waals surface area contributed by atoms with Crippen LogP contribution in [0.15, 0.2) is 46.9 Å². The number of hydrogen-bond donors (Lipinski definition) is 0. The van der Waals surface area contributed by atoms with E-state index in [1.54, 1.807) is 49.4 Å². The quantitative estimate of drug-likeness (QED) is 0.744. The molecule has 1 atom stereocenters. The molecule has 0 bridgehead atoms. The van der Waals surface area contributed by atoms with Crippen LogP contribution in [-0.2, 0) is 0 Å². The molecule has 0 saturated heterocycles. The van der Waals surface area contributed by atoms with Crippen LogP contribution in [0.25, 0.3) is 0 Å². The molecule has 0 aliphatic heterocycles. The van der Waals surface area contributed by atoms with Gasteiger partial charge in [0.15, 0.2) is 6.10 Å². The number of nitriles is 1. The molecule has 0 N–H and O–H groups in total. The van der Waals surface area contributed by atoms with E-state index in [0.29, 0.717) is 21.9 Å². The van der Waals surface area contributed by atoms with Crippen molar-refractivity contribution in [3.63, 3.8) is 0 Å². The van der Waals surface area contributed by atoms with E-state index in [1.807, 2.05) is 6.07 Å². The van der Waals surface area contributed by atoms with Crippen LogP contribution in [0.3, 0.4) is 0 Å². The lowest BCUT2D eigenvalue weighted by Gasteiger charge is -2.15. The van der Waals surface area contributed by atoms with Crippen molar-refractivity contribution in [1.29, 1.82) is 5.26 Å². The summed E-state index contributed by atoms with van der Waals surface area (Å²) in [7, 11) is 0. The van der Waals surface area contributed by atoms with Gasteiger partial charge in [-0.1, -0.05) is 27.5 Å². The van der Waals surface area contributed by atoms with Crippen LogP contribution in [-0.4, -0.2) is 11.9 Å². The van der Waals surface area contributed by atoms with E-state index in [2.05, 4.69) is 15.9 Å². The summed E-state index contributed by atoms with van der Waals surface area (Å²) in [6.45, 7) is 1.65. The molecule has 1 unspecified atom stereocenters. The maximum Gasteiger partial charge on any atom is 0.202 e. The van der Waals surface area contributed by atoms with E-state index < -0.39 is 6.10 Å². The Morgan fingerprint density at radius 2 is 1.95 bits per heavy atom. The number of rotatable bonds is 4. The van der Waals surface area contributed by atoms with Gasteiger partial charge in [0, 0.05) is 15.1 Å². The van der Waals surface area contributed by atoms with Crippen molar-refractivity contribution in [2.24, 2.45) is 0 Å². The van der Waals surface area contributed by atoms with Crippen molar-refractivity contribution in [3.05, 3.63) is 63.1 Å². The van der Waals surface area contributed by atoms with Gasteiger partial charge in [0.25, 0.3) is 0 Å². The molecule has 0 radical (unpaired) electrons. The zero-order valence-corrected chi connectivity index (χ0v) is 13.5. The molecule has 106 valence electrons. The van der Waals surface area contributed by atoms with Crippen LogP contribution in [0.2, 0.25) is 5.02 Å². The Bertz CT molecular complexity index is 707. The number of ketones is 1. The summed E-state index contributed by atoms with van der Waals surface area (Å²) >= 11 is 9.09. The molecule has 2 aromatic carbocycles. The Kier molecular flexibility index (Phi) is 5.00. The molecule has 0 aromatic heterocycles. The zero-order valence-electron chi connectivity index (χ0n) is 11.1. The maximum absolute atomic E-state index is 12.3. The Morgan fingerprint density at radius 3 is 2.57 bits per heavy atom. The molecule has 0 aliphatic carbocycles. The second-order valence-corrected chi connectivity index (χ2v) is 5.74. The second-order valence-electron chi connectivity index (χ2n) is 4.38. The molecule has 5 heteroatoms. The van der Waals surface area contributed by atoms with Crippen LogP contribution >= 0.6 is 27.5 Å². The molecule has 21 heavy (non-hydrogen) atoms. The van der Waals surface area contributed by atoms with E-state index in [1.165, 1.54) is 0 Å². The van der Waals surface area contributed by atoms with Crippen molar-refractivity contribution in [2.45, 2.75) is 13.0 Å².